The van der Waals surface area contributed by atoms with E-state index in [1.165, 1.54) is 0 Å². The Hall–Kier alpha value is -3.90. The summed E-state index contributed by atoms with van der Waals surface area (Å²) in [5.74, 6) is 0.0274. The van der Waals surface area contributed by atoms with Crippen LogP contribution in [0.2, 0.25) is 5.02 Å². The van der Waals surface area contributed by atoms with E-state index >= 15 is 0 Å². The number of nitrogens with one attached hydrogen (secondary N) is 2. The molecule has 1 aliphatic heterocycles. The van der Waals surface area contributed by atoms with Crippen molar-refractivity contribution in [3.05, 3.63) is 81.6 Å². The largest absolute Gasteiger partial charge is 0.434 e. The summed E-state index contributed by atoms with van der Waals surface area (Å²) in [5, 5.41) is 6.03. The van der Waals surface area contributed by atoms with Crippen molar-refractivity contribution in [3.63, 3.8) is 0 Å². The molecule has 1 saturated heterocycles. The van der Waals surface area contributed by atoms with Gasteiger partial charge in [-0.15, -0.1) is 0 Å². The predicted octanol–water partition coefficient (Wildman–Crippen LogP) is 5.44. The van der Waals surface area contributed by atoms with Crippen molar-refractivity contribution in [2.75, 3.05) is 18.5 Å². The number of aromatic nitrogens is 4. The summed E-state index contributed by atoms with van der Waals surface area (Å²) in [6, 6.07) is 12.2. The number of benzene rings is 1. The van der Waals surface area contributed by atoms with Crippen molar-refractivity contribution < 1.29 is 22.7 Å². The Morgan fingerprint density at radius 3 is 2.44 bits per heavy atom. The lowest BCUT2D eigenvalue weighted by atomic mass is 9.85. The Kier molecular flexibility index (Phi) is 8.15. The zero-order valence-electron chi connectivity index (χ0n) is 23.1. The van der Waals surface area contributed by atoms with Gasteiger partial charge in [0.2, 0.25) is 0 Å². The molecule has 1 aliphatic carbocycles. The standard InChI is InChI=1S/C30H30ClF3N6O3/c31-19-13-23(27(36-14-19)30(32,33)34)28(41)38-20-7-5-18(6-8-20)16-39-24-3-1-2-4-25(24)40(29(39)42)22-9-10-26(35-15-22)37-21-11-12-43-17-21/h1-4,9-10,13-15,18,20-21H,5-8,11-12,16-17H2,(H,35,37)(H,38,41)/t18-,20-,21-/m0/s1. The van der Waals surface area contributed by atoms with Gasteiger partial charge < -0.3 is 15.4 Å². The summed E-state index contributed by atoms with van der Waals surface area (Å²) < 4.78 is 49.0. The van der Waals surface area contributed by atoms with Gasteiger partial charge in [-0.05, 0) is 68.4 Å². The smallest absolute Gasteiger partial charge is 0.379 e. The molecule has 226 valence electrons. The van der Waals surface area contributed by atoms with E-state index in [-0.39, 0.29) is 28.7 Å². The number of carbonyl (C=O) groups excluding carboxylic acids is 1. The van der Waals surface area contributed by atoms with Gasteiger partial charge >= 0.3 is 11.9 Å². The topological polar surface area (TPSA) is 103 Å². The number of imidazole rings is 1. The van der Waals surface area contributed by atoms with Crippen LogP contribution >= 0.6 is 11.6 Å². The molecule has 0 spiro atoms. The molecule has 9 nitrogen and oxygen atoms in total. The van der Waals surface area contributed by atoms with Gasteiger partial charge in [0, 0.05) is 25.4 Å². The van der Waals surface area contributed by atoms with Gasteiger partial charge in [-0.2, -0.15) is 13.2 Å². The second-order valence-corrected chi connectivity index (χ2v) is 11.5. The predicted molar refractivity (Wildman–Crippen MR) is 156 cm³/mol. The molecule has 0 bridgehead atoms. The first kappa shape index (κ1) is 29.2. The number of fused-ring (bicyclic) bond motifs is 1. The molecule has 43 heavy (non-hydrogen) atoms. The van der Waals surface area contributed by atoms with E-state index in [2.05, 4.69) is 20.6 Å². The van der Waals surface area contributed by atoms with Gasteiger partial charge in [-0.25, -0.2) is 14.8 Å². The molecule has 4 heterocycles. The number of amides is 1. The first-order chi connectivity index (χ1) is 20.7. The highest BCUT2D eigenvalue weighted by atomic mass is 35.5. The molecular weight excluding hydrogens is 585 g/mol. The van der Waals surface area contributed by atoms with Crippen molar-refractivity contribution in [3.8, 4) is 5.69 Å². The Bertz CT molecular complexity index is 1670. The number of nitrogens with zero attached hydrogens (tertiary/aromatic N) is 4. The number of hydrogen-bond acceptors (Lipinski definition) is 6. The third-order valence-electron chi connectivity index (χ3n) is 8.11. The molecule has 6 rings (SSSR count). The number of pyridine rings is 2. The number of hydrogen-bond donors (Lipinski definition) is 2. The third-order valence-corrected chi connectivity index (χ3v) is 8.32. The van der Waals surface area contributed by atoms with Crippen LogP contribution in [0.4, 0.5) is 19.0 Å². The number of alkyl halides is 3. The fourth-order valence-electron chi connectivity index (χ4n) is 5.94. The minimum atomic E-state index is -4.78. The van der Waals surface area contributed by atoms with E-state index in [0.29, 0.717) is 44.5 Å². The molecule has 2 fully saturated rings. The number of ether oxygens (including phenoxy) is 1. The van der Waals surface area contributed by atoms with Gasteiger partial charge in [-0.3, -0.25) is 13.9 Å². The highest BCUT2D eigenvalue weighted by molar-refractivity contribution is 6.30. The maximum absolute atomic E-state index is 13.7. The van der Waals surface area contributed by atoms with Gasteiger partial charge in [0.15, 0.2) is 5.69 Å². The third kappa shape index (κ3) is 6.25. The molecule has 4 aromatic rings. The lowest BCUT2D eigenvalue weighted by Crippen LogP contribution is -2.39. The van der Waals surface area contributed by atoms with E-state index in [1.807, 2.05) is 36.4 Å². The van der Waals surface area contributed by atoms with E-state index in [4.69, 9.17) is 16.3 Å². The number of para-hydroxylation sites is 2. The zero-order chi connectivity index (χ0) is 30.1. The van der Waals surface area contributed by atoms with Crippen LogP contribution in [0.5, 0.6) is 0 Å². The van der Waals surface area contributed by atoms with Gasteiger partial charge in [-0.1, -0.05) is 23.7 Å². The molecule has 1 saturated carbocycles. The Morgan fingerprint density at radius 2 is 1.77 bits per heavy atom. The van der Waals surface area contributed by atoms with Crippen LogP contribution in [0.3, 0.4) is 0 Å². The number of halogens is 4. The molecule has 0 radical (unpaired) electrons. The van der Waals surface area contributed by atoms with E-state index in [9.17, 15) is 22.8 Å². The fraction of sp³-hybridized carbons (Fsp3) is 0.400. The van der Waals surface area contributed by atoms with Crippen LogP contribution in [0, 0.1) is 5.92 Å². The maximum Gasteiger partial charge on any atom is 0.434 e. The van der Waals surface area contributed by atoms with Crippen LogP contribution in [-0.2, 0) is 17.5 Å². The molecular formula is C30H30ClF3N6O3. The minimum absolute atomic E-state index is 0.0472. The van der Waals surface area contributed by atoms with Gasteiger partial charge in [0.1, 0.15) is 5.82 Å². The monoisotopic (exact) mass is 614 g/mol. The average Bonchev–Trinajstić information content (AvgIpc) is 3.60. The molecule has 1 atom stereocenters. The molecule has 3 aromatic heterocycles. The van der Waals surface area contributed by atoms with Crippen molar-refractivity contribution in [1.82, 2.24) is 24.4 Å². The van der Waals surface area contributed by atoms with Crippen molar-refractivity contribution in [1.29, 1.82) is 0 Å². The molecule has 0 unspecified atom stereocenters. The lowest BCUT2D eigenvalue weighted by molar-refractivity contribution is -0.141. The zero-order valence-corrected chi connectivity index (χ0v) is 23.9. The Labute approximate surface area is 250 Å². The Balaban J connectivity index is 1.14. The van der Waals surface area contributed by atoms with E-state index in [0.717, 1.165) is 42.1 Å². The van der Waals surface area contributed by atoms with Crippen LogP contribution < -0.4 is 16.3 Å². The number of rotatable bonds is 7. The average molecular weight is 615 g/mol. The van der Waals surface area contributed by atoms with Crippen LogP contribution in [0.1, 0.15) is 48.2 Å². The van der Waals surface area contributed by atoms with Crippen molar-refractivity contribution in [2.24, 2.45) is 5.92 Å². The second-order valence-electron chi connectivity index (χ2n) is 11.1. The summed E-state index contributed by atoms with van der Waals surface area (Å²) in [7, 11) is 0. The Morgan fingerprint density at radius 1 is 1.00 bits per heavy atom. The molecule has 2 N–H and O–H groups in total. The summed E-state index contributed by atoms with van der Waals surface area (Å²) in [6.07, 6.45) is 1.25. The van der Waals surface area contributed by atoms with Crippen LogP contribution in [0.25, 0.3) is 16.7 Å². The van der Waals surface area contributed by atoms with Gasteiger partial charge in [0.05, 0.1) is 46.2 Å². The number of anilines is 1. The summed E-state index contributed by atoms with van der Waals surface area (Å²) in [4.78, 5) is 34.4. The minimum Gasteiger partial charge on any atom is -0.379 e. The summed E-state index contributed by atoms with van der Waals surface area (Å²) in [5.41, 5.74) is 0.220. The lowest BCUT2D eigenvalue weighted by Gasteiger charge is -2.29. The normalized spacial score (nSPS) is 20.8. The fourth-order valence-corrected chi connectivity index (χ4v) is 6.10. The van der Waals surface area contributed by atoms with Crippen molar-refractivity contribution in [2.45, 2.75) is 56.9 Å². The maximum atomic E-state index is 13.7. The quantitative estimate of drug-likeness (QED) is 0.287. The molecule has 1 amide bonds. The number of carbonyl (C=O) groups is 1. The van der Waals surface area contributed by atoms with Crippen LogP contribution in [-0.4, -0.2) is 50.3 Å². The highest BCUT2D eigenvalue weighted by Gasteiger charge is 2.38. The molecule has 1 aromatic carbocycles. The van der Waals surface area contributed by atoms with E-state index < -0.39 is 23.3 Å². The highest BCUT2D eigenvalue weighted by Crippen LogP contribution is 2.32. The first-order valence-electron chi connectivity index (χ1n) is 14.2. The summed E-state index contributed by atoms with van der Waals surface area (Å²) in [6.45, 7) is 1.85. The molecule has 13 heteroatoms. The SMILES string of the molecule is O=C(N[C@H]1CC[C@H](Cn2c(=O)n(-c3ccc(N[C@H]4CCOC4)nc3)c3ccccc32)CC1)c1cc(Cl)cnc1C(F)(F)F. The van der Waals surface area contributed by atoms with Gasteiger partial charge in [0.25, 0.3) is 5.91 Å². The summed E-state index contributed by atoms with van der Waals surface area (Å²) >= 11 is 5.83. The first-order valence-corrected chi connectivity index (χ1v) is 14.6. The van der Waals surface area contributed by atoms with Crippen LogP contribution in [0.15, 0.2) is 59.7 Å². The van der Waals surface area contributed by atoms with E-state index in [1.54, 1.807) is 15.3 Å². The second kappa shape index (κ2) is 12.0. The molecule has 2 aliphatic rings. The van der Waals surface area contributed by atoms with Crippen molar-refractivity contribution >= 4 is 34.4 Å².